The second-order valence-corrected chi connectivity index (χ2v) is 3.81. The molecular weight excluding hydrogens is 294 g/mol. The Morgan fingerprint density at radius 1 is 1.35 bits per heavy atom. The molecule has 0 unspecified atom stereocenters. The summed E-state index contributed by atoms with van der Waals surface area (Å²) in [4.78, 5) is 11.8. The van der Waals surface area contributed by atoms with Crippen LogP contribution in [0.4, 0.5) is 8.78 Å². The maximum Gasteiger partial charge on any atom is 0.277 e. The molecule has 1 rings (SSSR count). The highest BCUT2D eigenvalue weighted by Gasteiger charge is 2.28. The molecule has 0 saturated heterocycles. The molecule has 0 aliphatic heterocycles. The van der Waals surface area contributed by atoms with Gasteiger partial charge in [0.2, 0.25) is 0 Å². The van der Waals surface area contributed by atoms with Crippen molar-refractivity contribution in [3.8, 4) is 11.5 Å². The Morgan fingerprint density at radius 3 is 2.50 bits per heavy atom. The Morgan fingerprint density at radius 2 is 2.00 bits per heavy atom. The summed E-state index contributed by atoms with van der Waals surface area (Å²) in [5.74, 6) is -3.11. The van der Waals surface area contributed by atoms with E-state index in [1.54, 1.807) is 6.07 Å². The van der Waals surface area contributed by atoms with Gasteiger partial charge in [0, 0.05) is 0 Å². The van der Waals surface area contributed by atoms with Gasteiger partial charge in [0.1, 0.15) is 11.5 Å². The zero-order valence-electron chi connectivity index (χ0n) is 11.1. The van der Waals surface area contributed by atoms with Gasteiger partial charge in [-0.3, -0.25) is 4.79 Å². The van der Waals surface area contributed by atoms with E-state index < -0.39 is 24.9 Å². The number of nitrogens with one attached hydrogen (secondary N) is 1. The van der Waals surface area contributed by atoms with Gasteiger partial charge >= 0.3 is 0 Å². The highest BCUT2D eigenvalue weighted by atomic mass is 35.5. The molecule has 5 nitrogen and oxygen atoms in total. The molecule has 0 bridgehead atoms. The van der Waals surface area contributed by atoms with Crippen molar-refractivity contribution < 1.29 is 23.0 Å². The standard InChI is InChI=1S/C12H16F2N2O3.ClH/c1-18-8-3-4-10(19-2)9(5-8)11(17)16-7-12(13,14)6-15;/h3-5H,6-7,15H2,1-2H3,(H,16,17);1H. The molecule has 0 spiro atoms. The first-order valence-corrected chi connectivity index (χ1v) is 5.51. The van der Waals surface area contributed by atoms with Crippen LogP contribution in [0.25, 0.3) is 0 Å². The van der Waals surface area contributed by atoms with Gasteiger partial charge in [-0.05, 0) is 18.2 Å². The first-order chi connectivity index (χ1) is 8.93. The Kier molecular flexibility index (Phi) is 7.23. The van der Waals surface area contributed by atoms with Crippen LogP contribution < -0.4 is 20.5 Å². The Labute approximate surface area is 121 Å². The van der Waals surface area contributed by atoms with Crippen molar-refractivity contribution in [2.24, 2.45) is 5.73 Å². The van der Waals surface area contributed by atoms with Crippen LogP contribution in [0.5, 0.6) is 11.5 Å². The lowest BCUT2D eigenvalue weighted by Gasteiger charge is -2.15. The average molecular weight is 311 g/mol. The fraction of sp³-hybridized carbons (Fsp3) is 0.417. The maximum atomic E-state index is 13.0. The molecule has 1 amide bonds. The highest BCUT2D eigenvalue weighted by Crippen LogP contribution is 2.24. The normalized spacial score (nSPS) is 10.4. The molecule has 0 aliphatic rings. The summed E-state index contributed by atoms with van der Waals surface area (Å²) in [6.45, 7) is -1.66. The van der Waals surface area contributed by atoms with Crippen LogP contribution in [0.1, 0.15) is 10.4 Å². The smallest absolute Gasteiger partial charge is 0.277 e. The highest BCUT2D eigenvalue weighted by molar-refractivity contribution is 5.97. The summed E-state index contributed by atoms with van der Waals surface area (Å²) in [6.07, 6.45) is 0. The van der Waals surface area contributed by atoms with E-state index in [1.807, 2.05) is 0 Å². The van der Waals surface area contributed by atoms with Crippen LogP contribution in [0, 0.1) is 0 Å². The molecule has 0 atom stereocenters. The zero-order valence-corrected chi connectivity index (χ0v) is 11.9. The first-order valence-electron chi connectivity index (χ1n) is 5.51. The topological polar surface area (TPSA) is 73.6 Å². The van der Waals surface area contributed by atoms with E-state index in [1.165, 1.54) is 26.4 Å². The van der Waals surface area contributed by atoms with Crippen LogP contribution in [-0.4, -0.2) is 39.1 Å². The van der Waals surface area contributed by atoms with Crippen LogP contribution in [0.3, 0.4) is 0 Å². The van der Waals surface area contributed by atoms with Crippen LogP contribution >= 0.6 is 12.4 Å². The van der Waals surface area contributed by atoms with Gasteiger partial charge in [-0.1, -0.05) is 0 Å². The first kappa shape index (κ1) is 18.4. The maximum absolute atomic E-state index is 13.0. The van der Waals surface area contributed by atoms with Crippen molar-refractivity contribution in [2.75, 3.05) is 27.3 Å². The molecule has 0 saturated carbocycles. The number of amides is 1. The molecule has 0 fully saturated rings. The van der Waals surface area contributed by atoms with Crippen molar-refractivity contribution >= 4 is 18.3 Å². The molecule has 3 N–H and O–H groups in total. The summed E-state index contributed by atoms with van der Waals surface area (Å²) in [6, 6.07) is 4.54. The number of nitrogens with two attached hydrogens (primary N) is 1. The Balaban J connectivity index is 0.00000361. The van der Waals surface area contributed by atoms with Crippen LogP contribution in [0.15, 0.2) is 18.2 Å². The number of methoxy groups -OCH3 is 2. The minimum Gasteiger partial charge on any atom is -0.497 e. The third kappa shape index (κ3) is 4.82. The molecule has 20 heavy (non-hydrogen) atoms. The molecule has 0 aliphatic carbocycles. The third-order valence-electron chi connectivity index (χ3n) is 2.46. The number of alkyl halides is 2. The fourth-order valence-electron chi connectivity index (χ4n) is 1.37. The molecule has 1 aromatic rings. The summed E-state index contributed by atoms with van der Waals surface area (Å²) in [5.41, 5.74) is 5.01. The van der Waals surface area contributed by atoms with E-state index in [2.05, 4.69) is 5.32 Å². The van der Waals surface area contributed by atoms with E-state index in [4.69, 9.17) is 15.2 Å². The van der Waals surface area contributed by atoms with Gasteiger partial charge in [-0.2, -0.15) is 0 Å². The molecule has 1 aromatic carbocycles. The van der Waals surface area contributed by atoms with Crippen molar-refractivity contribution in [3.05, 3.63) is 23.8 Å². The molecule has 0 aromatic heterocycles. The molecule has 8 heteroatoms. The van der Waals surface area contributed by atoms with E-state index in [-0.39, 0.29) is 23.7 Å². The predicted molar refractivity (Wildman–Crippen MR) is 73.1 cm³/mol. The molecule has 0 heterocycles. The zero-order chi connectivity index (χ0) is 14.5. The van der Waals surface area contributed by atoms with Crippen molar-refractivity contribution in [1.29, 1.82) is 0 Å². The number of halogens is 3. The molecule has 114 valence electrons. The monoisotopic (exact) mass is 310 g/mol. The number of carbonyl (C=O) groups is 1. The van der Waals surface area contributed by atoms with Gasteiger partial charge in [0.25, 0.3) is 11.8 Å². The Hall–Kier alpha value is -1.60. The molecule has 0 radical (unpaired) electrons. The predicted octanol–water partition coefficient (Wildman–Crippen LogP) is 1.45. The minimum absolute atomic E-state index is 0. The number of rotatable bonds is 6. The quantitative estimate of drug-likeness (QED) is 0.834. The third-order valence-corrected chi connectivity index (χ3v) is 2.46. The summed E-state index contributed by atoms with van der Waals surface area (Å²) < 4.78 is 35.9. The van der Waals surface area contributed by atoms with E-state index in [0.29, 0.717) is 5.75 Å². The number of carbonyl (C=O) groups excluding carboxylic acids is 1. The minimum atomic E-state index is -3.14. The molecular formula is C12H17ClF2N2O3. The number of hydrogen-bond donors (Lipinski definition) is 2. The summed E-state index contributed by atoms with van der Waals surface area (Å²) in [5, 5.41) is 2.11. The lowest BCUT2D eigenvalue weighted by Crippen LogP contribution is -2.41. The SMILES string of the molecule is COc1ccc(OC)c(C(=O)NCC(F)(F)CN)c1.Cl. The fourth-order valence-corrected chi connectivity index (χ4v) is 1.37. The van der Waals surface area contributed by atoms with Crippen molar-refractivity contribution in [1.82, 2.24) is 5.32 Å². The van der Waals surface area contributed by atoms with Gasteiger partial charge < -0.3 is 20.5 Å². The van der Waals surface area contributed by atoms with Gasteiger partial charge in [-0.15, -0.1) is 12.4 Å². The average Bonchev–Trinajstić information content (AvgIpc) is 2.44. The van der Waals surface area contributed by atoms with E-state index in [0.717, 1.165) is 0 Å². The second-order valence-electron chi connectivity index (χ2n) is 3.81. The van der Waals surface area contributed by atoms with Gasteiger partial charge in [0.15, 0.2) is 0 Å². The van der Waals surface area contributed by atoms with E-state index in [9.17, 15) is 13.6 Å². The van der Waals surface area contributed by atoms with Crippen molar-refractivity contribution in [2.45, 2.75) is 5.92 Å². The van der Waals surface area contributed by atoms with Gasteiger partial charge in [0.05, 0.1) is 32.9 Å². The number of hydrogen-bond acceptors (Lipinski definition) is 4. The second kappa shape index (κ2) is 7.86. The Bertz CT molecular complexity index is 458. The van der Waals surface area contributed by atoms with Crippen molar-refractivity contribution in [3.63, 3.8) is 0 Å². The number of benzene rings is 1. The lowest BCUT2D eigenvalue weighted by molar-refractivity contribution is 0.0118. The largest absolute Gasteiger partial charge is 0.497 e. The lowest BCUT2D eigenvalue weighted by atomic mass is 10.1. The summed E-state index contributed by atoms with van der Waals surface area (Å²) >= 11 is 0. The number of ether oxygens (including phenoxy) is 2. The van der Waals surface area contributed by atoms with E-state index >= 15 is 0 Å². The van der Waals surface area contributed by atoms with Crippen LogP contribution in [0.2, 0.25) is 0 Å². The van der Waals surface area contributed by atoms with Gasteiger partial charge in [-0.25, -0.2) is 8.78 Å². The van der Waals surface area contributed by atoms with Crippen LogP contribution in [-0.2, 0) is 0 Å². The summed E-state index contributed by atoms with van der Waals surface area (Å²) in [7, 11) is 2.82.